The van der Waals surface area contributed by atoms with Crippen molar-refractivity contribution >= 4 is 27.7 Å². The second kappa shape index (κ2) is 9.89. The minimum absolute atomic E-state index is 0.123. The van der Waals surface area contributed by atoms with Crippen LogP contribution in [0.5, 0.6) is 0 Å². The predicted octanol–water partition coefficient (Wildman–Crippen LogP) is 3.71. The Morgan fingerprint density at radius 3 is 2.34 bits per heavy atom. The van der Waals surface area contributed by atoms with E-state index in [4.69, 9.17) is 0 Å². The van der Waals surface area contributed by atoms with Crippen molar-refractivity contribution in [2.24, 2.45) is 0 Å². The van der Waals surface area contributed by atoms with E-state index in [-0.39, 0.29) is 22.6 Å². The zero-order valence-corrected chi connectivity index (χ0v) is 20.5. The van der Waals surface area contributed by atoms with Gasteiger partial charge in [-0.2, -0.15) is 0 Å². The Morgan fingerprint density at radius 1 is 1.12 bits per heavy atom. The van der Waals surface area contributed by atoms with E-state index in [1.165, 1.54) is 41.3 Å². The molecule has 2 aromatic carbocycles. The minimum Gasteiger partial charge on any atom is -0.349 e. The molecule has 170 valence electrons. The Kier molecular flexibility index (Phi) is 7.43. The lowest BCUT2D eigenvalue weighted by molar-refractivity contribution is -0.119. The summed E-state index contributed by atoms with van der Waals surface area (Å²) in [6, 6.07) is 12.6. The molecule has 0 aliphatic carbocycles. The lowest BCUT2D eigenvalue weighted by atomic mass is 10.1. The van der Waals surface area contributed by atoms with E-state index in [0.29, 0.717) is 0 Å². The number of imidazole rings is 1. The summed E-state index contributed by atoms with van der Waals surface area (Å²) >= 11 is 1.37. The molecule has 1 atom stereocenters. The average Bonchev–Trinajstić information content (AvgIpc) is 3.20. The number of benzene rings is 2. The number of hydrogen-bond donors (Lipinski definition) is 1. The van der Waals surface area contributed by atoms with Gasteiger partial charge in [0.25, 0.3) is 0 Å². The van der Waals surface area contributed by atoms with Crippen molar-refractivity contribution in [2.75, 3.05) is 19.8 Å². The molecule has 0 spiro atoms. The first-order chi connectivity index (χ1) is 15.1. The molecule has 0 fully saturated rings. The number of aryl methyl sites for hydroxylation is 2. The van der Waals surface area contributed by atoms with Crippen molar-refractivity contribution in [3.8, 4) is 5.69 Å². The van der Waals surface area contributed by atoms with E-state index >= 15 is 0 Å². The molecule has 0 radical (unpaired) electrons. The van der Waals surface area contributed by atoms with E-state index in [9.17, 15) is 13.2 Å². The fourth-order valence-corrected chi connectivity index (χ4v) is 5.00. The summed E-state index contributed by atoms with van der Waals surface area (Å²) in [6.07, 6.45) is 3.62. The van der Waals surface area contributed by atoms with Gasteiger partial charge in [0.1, 0.15) is 0 Å². The summed E-state index contributed by atoms with van der Waals surface area (Å²) in [4.78, 5) is 17.1. The van der Waals surface area contributed by atoms with Crippen LogP contribution in [0, 0.1) is 13.8 Å². The van der Waals surface area contributed by atoms with Crippen LogP contribution in [0.1, 0.15) is 29.7 Å². The molecular formula is C23H28N4O3S2. The van der Waals surface area contributed by atoms with E-state index in [0.717, 1.165) is 16.4 Å². The fraction of sp³-hybridized carbons (Fsp3) is 0.304. The van der Waals surface area contributed by atoms with Crippen molar-refractivity contribution in [3.63, 3.8) is 0 Å². The van der Waals surface area contributed by atoms with Crippen molar-refractivity contribution in [1.82, 2.24) is 19.2 Å². The maximum atomic E-state index is 12.5. The third-order valence-electron chi connectivity index (χ3n) is 4.96. The second-order valence-corrected chi connectivity index (χ2v) is 11.0. The van der Waals surface area contributed by atoms with E-state index < -0.39 is 10.0 Å². The lowest BCUT2D eigenvalue weighted by Crippen LogP contribution is -2.28. The molecule has 9 heteroatoms. The van der Waals surface area contributed by atoms with Crippen LogP contribution < -0.4 is 5.32 Å². The number of nitrogens with zero attached hydrogens (tertiary/aromatic N) is 3. The van der Waals surface area contributed by atoms with Crippen LogP contribution in [-0.4, -0.2) is 48.0 Å². The number of aromatic nitrogens is 2. The highest BCUT2D eigenvalue weighted by atomic mass is 32.2. The smallest absolute Gasteiger partial charge is 0.242 e. The van der Waals surface area contributed by atoms with Crippen molar-refractivity contribution in [2.45, 2.75) is 36.9 Å². The summed E-state index contributed by atoms with van der Waals surface area (Å²) in [5, 5.41) is 3.71. The van der Waals surface area contributed by atoms with E-state index in [1.54, 1.807) is 30.5 Å². The van der Waals surface area contributed by atoms with Gasteiger partial charge in [-0.25, -0.2) is 17.7 Å². The van der Waals surface area contributed by atoms with Gasteiger partial charge in [0.05, 0.1) is 16.7 Å². The molecule has 0 saturated carbocycles. The van der Waals surface area contributed by atoms with Gasteiger partial charge in [0.15, 0.2) is 5.16 Å². The van der Waals surface area contributed by atoms with Crippen molar-refractivity contribution in [1.29, 1.82) is 0 Å². The number of hydrogen-bond acceptors (Lipinski definition) is 5. The molecule has 32 heavy (non-hydrogen) atoms. The maximum Gasteiger partial charge on any atom is 0.242 e. The van der Waals surface area contributed by atoms with Crippen LogP contribution >= 0.6 is 11.8 Å². The third-order valence-corrected chi connectivity index (χ3v) is 7.76. The van der Waals surface area contributed by atoms with Gasteiger partial charge in [-0.1, -0.05) is 30.0 Å². The van der Waals surface area contributed by atoms with Crippen LogP contribution in [0.2, 0.25) is 0 Å². The molecule has 1 aromatic heterocycles. The Balaban J connectivity index is 1.62. The zero-order chi connectivity index (χ0) is 23.5. The quantitative estimate of drug-likeness (QED) is 0.505. The number of thioether (sulfide) groups is 1. The number of amides is 1. The van der Waals surface area contributed by atoms with Crippen LogP contribution in [0.3, 0.4) is 0 Å². The zero-order valence-electron chi connectivity index (χ0n) is 18.9. The van der Waals surface area contributed by atoms with Gasteiger partial charge in [0, 0.05) is 32.2 Å². The summed E-state index contributed by atoms with van der Waals surface area (Å²) in [7, 11) is -0.485. The largest absolute Gasteiger partial charge is 0.349 e. The standard InChI is InChI=1S/C23H28N4O3S2/c1-16-12-17(2)14-20(13-16)27-11-10-24-23(27)31-15-22(28)25-18(3)19-6-8-21(9-7-19)32(29,30)26(4)5/h6-14,18H,15H2,1-5H3,(H,25,28). The molecule has 0 saturated heterocycles. The molecule has 1 heterocycles. The molecule has 7 nitrogen and oxygen atoms in total. The lowest BCUT2D eigenvalue weighted by Gasteiger charge is -2.16. The van der Waals surface area contributed by atoms with Gasteiger partial charge >= 0.3 is 0 Å². The summed E-state index contributed by atoms with van der Waals surface area (Å²) in [5.74, 6) is 0.0988. The fourth-order valence-electron chi connectivity index (χ4n) is 3.32. The summed E-state index contributed by atoms with van der Waals surface area (Å²) in [5.41, 5.74) is 4.18. The molecular weight excluding hydrogens is 444 g/mol. The van der Waals surface area contributed by atoms with Crippen LogP contribution in [-0.2, 0) is 14.8 Å². The first kappa shape index (κ1) is 24.0. The molecule has 1 unspecified atom stereocenters. The summed E-state index contributed by atoms with van der Waals surface area (Å²) < 4.78 is 27.6. The highest BCUT2D eigenvalue weighted by Gasteiger charge is 2.18. The minimum atomic E-state index is -3.48. The molecule has 1 amide bonds. The predicted molar refractivity (Wildman–Crippen MR) is 128 cm³/mol. The Hall–Kier alpha value is -2.62. The van der Waals surface area contributed by atoms with E-state index in [2.05, 4.69) is 42.3 Å². The van der Waals surface area contributed by atoms with Gasteiger partial charge in [-0.05, 0) is 61.7 Å². The number of sulfonamides is 1. The highest BCUT2D eigenvalue weighted by Crippen LogP contribution is 2.23. The number of rotatable bonds is 8. The third kappa shape index (κ3) is 5.59. The van der Waals surface area contributed by atoms with Crippen LogP contribution in [0.15, 0.2) is 64.9 Å². The number of carbonyl (C=O) groups excluding carboxylic acids is 1. The topological polar surface area (TPSA) is 84.3 Å². The Morgan fingerprint density at radius 2 is 1.75 bits per heavy atom. The maximum absolute atomic E-state index is 12.5. The van der Waals surface area contributed by atoms with Crippen molar-refractivity contribution in [3.05, 3.63) is 71.5 Å². The van der Waals surface area contributed by atoms with Gasteiger partial charge in [0.2, 0.25) is 15.9 Å². The van der Waals surface area contributed by atoms with Gasteiger partial charge < -0.3 is 5.32 Å². The summed E-state index contributed by atoms with van der Waals surface area (Å²) in [6.45, 7) is 5.98. The number of carbonyl (C=O) groups is 1. The first-order valence-electron chi connectivity index (χ1n) is 10.1. The number of nitrogens with one attached hydrogen (secondary N) is 1. The van der Waals surface area contributed by atoms with Gasteiger partial charge in [-0.15, -0.1) is 0 Å². The van der Waals surface area contributed by atoms with Crippen molar-refractivity contribution < 1.29 is 13.2 Å². The SMILES string of the molecule is Cc1cc(C)cc(-n2ccnc2SCC(=O)NC(C)c2ccc(S(=O)(=O)N(C)C)cc2)c1. The normalized spacial score (nSPS) is 12.7. The second-order valence-electron chi connectivity index (χ2n) is 7.86. The van der Waals surface area contributed by atoms with Crippen LogP contribution in [0.4, 0.5) is 0 Å². The molecule has 3 aromatic rings. The van der Waals surface area contributed by atoms with E-state index in [1.807, 2.05) is 17.7 Å². The first-order valence-corrected chi connectivity index (χ1v) is 12.6. The molecule has 0 aliphatic heterocycles. The monoisotopic (exact) mass is 472 g/mol. The molecule has 1 N–H and O–H groups in total. The average molecular weight is 473 g/mol. The highest BCUT2D eigenvalue weighted by molar-refractivity contribution is 7.99. The van der Waals surface area contributed by atoms with Gasteiger partial charge in [-0.3, -0.25) is 9.36 Å². The molecule has 0 bridgehead atoms. The molecule has 0 aliphatic rings. The Bertz CT molecular complexity index is 1180. The Labute approximate surface area is 193 Å². The van der Waals surface area contributed by atoms with Crippen LogP contribution in [0.25, 0.3) is 5.69 Å². The molecule has 3 rings (SSSR count).